The number of para-hydroxylation sites is 2. The number of rotatable bonds is 8. The van der Waals surface area contributed by atoms with Crippen molar-refractivity contribution in [1.29, 1.82) is 0 Å². The summed E-state index contributed by atoms with van der Waals surface area (Å²) in [7, 11) is 0. The summed E-state index contributed by atoms with van der Waals surface area (Å²) < 4.78 is 1.16. The Labute approximate surface area is 182 Å². The molecule has 5 nitrogen and oxygen atoms in total. The molecule has 0 aliphatic heterocycles. The van der Waals surface area contributed by atoms with Gasteiger partial charge in [-0.05, 0) is 53.8 Å². The van der Waals surface area contributed by atoms with Crippen molar-refractivity contribution < 1.29 is 9.64 Å². The van der Waals surface area contributed by atoms with Gasteiger partial charge in [-0.25, -0.2) is 4.79 Å². The Balaban J connectivity index is 1.45. The average molecular weight is 414 g/mol. The van der Waals surface area contributed by atoms with Crippen LogP contribution in [-0.2, 0) is 6.42 Å². The zero-order valence-corrected chi connectivity index (χ0v) is 17.8. The van der Waals surface area contributed by atoms with Crippen LogP contribution < -0.4 is 4.85 Å². The molecule has 0 bridgehead atoms. The number of aryl methyl sites for hydroxylation is 1. The van der Waals surface area contributed by atoms with Gasteiger partial charge in [0.25, 0.3) is 0 Å². The average Bonchev–Trinajstić information content (AvgIpc) is 3.16. The van der Waals surface area contributed by atoms with Gasteiger partial charge in [-0.3, -0.25) is 0 Å². The van der Waals surface area contributed by atoms with Crippen molar-refractivity contribution in [2.24, 2.45) is 0 Å². The third-order valence-electron chi connectivity index (χ3n) is 5.67. The van der Waals surface area contributed by atoms with Crippen molar-refractivity contribution in [3.05, 3.63) is 89.1 Å². The van der Waals surface area contributed by atoms with Crippen molar-refractivity contribution in [3.8, 4) is 11.1 Å². The molecule has 0 N–H and O–H groups in total. The summed E-state index contributed by atoms with van der Waals surface area (Å²) in [6.07, 6.45) is 7.57. The Morgan fingerprint density at radius 1 is 0.871 bits per heavy atom. The number of unbranched alkanes of at least 4 members (excludes halogenated alkanes) is 4. The van der Waals surface area contributed by atoms with Crippen molar-refractivity contribution in [3.63, 3.8) is 0 Å². The monoisotopic (exact) mass is 413 g/mol. The number of fused-ring (bicyclic) bond motifs is 1. The summed E-state index contributed by atoms with van der Waals surface area (Å²) in [6.45, 7) is 2.24. The molecule has 0 saturated carbocycles. The lowest BCUT2D eigenvalue weighted by Crippen LogP contribution is -2.31. The van der Waals surface area contributed by atoms with Crippen LogP contribution in [0.5, 0.6) is 0 Å². The highest BCUT2D eigenvalue weighted by Crippen LogP contribution is 2.22. The van der Waals surface area contributed by atoms with E-state index < -0.39 is 0 Å². The molecule has 3 aromatic carbocycles. The van der Waals surface area contributed by atoms with E-state index in [0.29, 0.717) is 21.4 Å². The molecule has 0 amide bonds. The SMILES string of the molecule is CCCCCCCc1ccc(-c2ccc(C(=O)n3n[n+]([O-])c4ccccc43)cc2)cc1. The van der Waals surface area contributed by atoms with Crippen LogP contribution >= 0.6 is 0 Å². The standard InChI is InChI=1S/C26H27N3O2/c1-2-3-4-5-6-9-20-12-14-21(15-13-20)22-16-18-23(19-17-22)26(30)28-24-10-7-8-11-25(24)29(31)27-28/h7-8,10-19H,2-6,9H2,1H3. The van der Waals surface area contributed by atoms with Crippen LogP contribution in [0.4, 0.5) is 0 Å². The van der Waals surface area contributed by atoms with Gasteiger partial charge in [0, 0.05) is 0 Å². The Kier molecular flexibility index (Phi) is 6.41. The zero-order chi connectivity index (χ0) is 21.6. The molecule has 0 radical (unpaired) electrons. The van der Waals surface area contributed by atoms with E-state index in [1.54, 1.807) is 36.4 Å². The summed E-state index contributed by atoms with van der Waals surface area (Å²) >= 11 is 0. The summed E-state index contributed by atoms with van der Waals surface area (Å²) in [4.78, 5) is 13.4. The fourth-order valence-corrected chi connectivity index (χ4v) is 3.86. The van der Waals surface area contributed by atoms with Gasteiger partial charge in [-0.2, -0.15) is 0 Å². The van der Waals surface area contributed by atoms with Crippen LogP contribution in [0.15, 0.2) is 72.8 Å². The summed E-state index contributed by atoms with van der Waals surface area (Å²) in [5, 5.41) is 15.8. The van der Waals surface area contributed by atoms with Crippen LogP contribution in [0.3, 0.4) is 0 Å². The fourth-order valence-electron chi connectivity index (χ4n) is 3.86. The van der Waals surface area contributed by atoms with E-state index in [1.807, 2.05) is 12.1 Å². The van der Waals surface area contributed by atoms with Gasteiger partial charge < -0.3 is 5.21 Å². The number of aromatic nitrogens is 3. The lowest BCUT2D eigenvalue weighted by molar-refractivity contribution is -0.645. The Bertz CT molecular complexity index is 1160. The molecule has 0 aliphatic rings. The number of carbonyl (C=O) groups excluding carboxylic acids is 1. The van der Waals surface area contributed by atoms with Crippen molar-refractivity contribution >= 4 is 16.9 Å². The molecule has 5 heteroatoms. The van der Waals surface area contributed by atoms with Crippen molar-refractivity contribution in [1.82, 2.24) is 9.90 Å². The van der Waals surface area contributed by atoms with Crippen LogP contribution in [0.1, 0.15) is 54.9 Å². The zero-order valence-electron chi connectivity index (χ0n) is 17.8. The molecule has 1 heterocycles. The van der Waals surface area contributed by atoms with Crippen LogP contribution in [0, 0.1) is 5.21 Å². The third kappa shape index (κ3) is 4.66. The second-order valence-electron chi connectivity index (χ2n) is 7.91. The first-order valence-electron chi connectivity index (χ1n) is 11.0. The van der Waals surface area contributed by atoms with Gasteiger partial charge in [-0.15, -0.1) is 4.85 Å². The van der Waals surface area contributed by atoms with E-state index in [1.165, 1.54) is 37.7 Å². The van der Waals surface area contributed by atoms with E-state index in [-0.39, 0.29) is 5.91 Å². The minimum atomic E-state index is -0.323. The second-order valence-corrected chi connectivity index (χ2v) is 7.91. The molecule has 4 rings (SSSR count). The van der Waals surface area contributed by atoms with Gasteiger partial charge in [0.1, 0.15) is 5.21 Å². The first kappa shape index (κ1) is 20.8. The maximum absolute atomic E-state index is 12.9. The normalized spacial score (nSPS) is 11.1. The van der Waals surface area contributed by atoms with Gasteiger partial charge in [-0.1, -0.05) is 85.8 Å². The van der Waals surface area contributed by atoms with Crippen LogP contribution in [0.25, 0.3) is 22.2 Å². The predicted molar refractivity (Wildman–Crippen MR) is 123 cm³/mol. The molecule has 158 valence electrons. The van der Waals surface area contributed by atoms with Gasteiger partial charge >= 0.3 is 5.91 Å². The quantitative estimate of drug-likeness (QED) is 0.216. The largest absolute Gasteiger partial charge is 0.691 e. The Hall–Kier alpha value is -3.47. The maximum atomic E-state index is 12.9. The highest BCUT2D eigenvalue weighted by molar-refractivity contribution is 5.99. The molecule has 0 aliphatic carbocycles. The van der Waals surface area contributed by atoms with Crippen LogP contribution in [0.2, 0.25) is 0 Å². The fraction of sp³-hybridized carbons (Fsp3) is 0.269. The Morgan fingerprint density at radius 2 is 1.52 bits per heavy atom. The maximum Gasteiger partial charge on any atom is 0.366 e. The summed E-state index contributed by atoms with van der Waals surface area (Å²) in [5.41, 5.74) is 4.89. The van der Waals surface area contributed by atoms with E-state index >= 15 is 0 Å². The second kappa shape index (κ2) is 9.56. The molecule has 4 aromatic rings. The van der Waals surface area contributed by atoms with Gasteiger partial charge in [0.15, 0.2) is 0 Å². The molecule has 0 fully saturated rings. The third-order valence-corrected chi connectivity index (χ3v) is 5.67. The first-order chi connectivity index (χ1) is 15.2. The van der Waals surface area contributed by atoms with Crippen molar-refractivity contribution in [2.45, 2.75) is 45.4 Å². The highest BCUT2D eigenvalue weighted by Gasteiger charge is 2.22. The summed E-state index contributed by atoms with van der Waals surface area (Å²) in [5.74, 6) is -0.323. The van der Waals surface area contributed by atoms with E-state index in [9.17, 15) is 10.0 Å². The Morgan fingerprint density at radius 3 is 2.23 bits per heavy atom. The van der Waals surface area contributed by atoms with E-state index in [0.717, 1.165) is 22.2 Å². The number of benzene rings is 3. The van der Waals surface area contributed by atoms with Gasteiger partial charge in [0.05, 0.1) is 5.56 Å². The molecule has 0 spiro atoms. The lowest BCUT2D eigenvalue weighted by Gasteiger charge is -2.06. The molecular weight excluding hydrogens is 386 g/mol. The lowest BCUT2D eigenvalue weighted by atomic mass is 10.00. The van der Waals surface area contributed by atoms with E-state index in [2.05, 4.69) is 36.4 Å². The van der Waals surface area contributed by atoms with E-state index in [4.69, 9.17) is 0 Å². The summed E-state index contributed by atoms with van der Waals surface area (Å²) in [6, 6.07) is 23.0. The number of nitrogens with zero attached hydrogens (tertiary/aromatic N) is 3. The van der Waals surface area contributed by atoms with Gasteiger partial charge in [0.2, 0.25) is 11.0 Å². The molecule has 0 atom stereocenters. The smallest absolute Gasteiger partial charge is 0.366 e. The first-order valence-corrected chi connectivity index (χ1v) is 11.0. The molecule has 31 heavy (non-hydrogen) atoms. The minimum absolute atomic E-state index is 0.323. The number of carbonyl (C=O) groups is 1. The topological polar surface area (TPSA) is 61.8 Å². The highest BCUT2D eigenvalue weighted by atomic mass is 16.5. The number of hydrogen-bond donors (Lipinski definition) is 0. The molecular formula is C26H27N3O2. The molecule has 1 aromatic heterocycles. The van der Waals surface area contributed by atoms with Crippen molar-refractivity contribution in [2.75, 3.05) is 0 Å². The number of hydrogen-bond acceptors (Lipinski definition) is 3. The van der Waals surface area contributed by atoms with Crippen LogP contribution in [-0.4, -0.2) is 15.8 Å². The molecule has 0 unspecified atom stereocenters. The predicted octanol–water partition coefficient (Wildman–Crippen LogP) is 5.54. The minimum Gasteiger partial charge on any atom is -0.691 e. The molecule has 0 saturated heterocycles.